The number of thioether (sulfide) groups is 1. The summed E-state index contributed by atoms with van der Waals surface area (Å²) >= 11 is 8.17. The maximum atomic E-state index is 12.0. The lowest BCUT2D eigenvalue weighted by Crippen LogP contribution is -2.15. The molecule has 0 unspecified atom stereocenters. The van der Waals surface area contributed by atoms with Crippen LogP contribution in [0.5, 0.6) is 5.88 Å². The Morgan fingerprint density at radius 3 is 2.80 bits per heavy atom. The molecule has 0 spiro atoms. The van der Waals surface area contributed by atoms with Crippen LogP contribution < -0.4 is 10.9 Å². The van der Waals surface area contributed by atoms with E-state index in [1.54, 1.807) is 12.1 Å². The Labute approximate surface area is 155 Å². The van der Waals surface area contributed by atoms with Crippen LogP contribution in [-0.2, 0) is 4.79 Å². The largest absolute Gasteiger partial charge is 0.493 e. The third-order valence-corrected chi connectivity index (χ3v) is 4.82. The number of rotatable bonds is 5. The van der Waals surface area contributed by atoms with Gasteiger partial charge in [-0.2, -0.15) is 4.98 Å². The van der Waals surface area contributed by atoms with E-state index in [-0.39, 0.29) is 22.7 Å². The molecular formula is C15H11ClN4O3S2. The summed E-state index contributed by atoms with van der Waals surface area (Å²) in [6, 6.07) is 8.20. The molecule has 0 aliphatic carbocycles. The van der Waals surface area contributed by atoms with Gasteiger partial charge in [-0.05, 0) is 12.1 Å². The summed E-state index contributed by atoms with van der Waals surface area (Å²) in [6.07, 6.45) is 0. The highest BCUT2D eigenvalue weighted by molar-refractivity contribution is 7.99. The fourth-order valence-electron chi connectivity index (χ4n) is 1.87. The molecule has 0 saturated heterocycles. The van der Waals surface area contributed by atoms with Gasteiger partial charge in [0.05, 0.1) is 17.5 Å². The topological polar surface area (TPSA) is 108 Å². The first kappa shape index (κ1) is 17.5. The van der Waals surface area contributed by atoms with Gasteiger partial charge in [-0.3, -0.25) is 9.59 Å². The van der Waals surface area contributed by atoms with Crippen LogP contribution in [0.15, 0.2) is 45.7 Å². The van der Waals surface area contributed by atoms with Crippen molar-refractivity contribution in [2.24, 2.45) is 0 Å². The SMILES string of the molecule is O=C(CSc1nc(O)cc(=O)[nH]1)Nc1nc(-c2ccc(Cl)cc2)cs1. The van der Waals surface area contributed by atoms with Crippen molar-refractivity contribution in [1.82, 2.24) is 15.0 Å². The molecule has 0 aliphatic heterocycles. The van der Waals surface area contributed by atoms with Gasteiger partial charge in [0.15, 0.2) is 10.3 Å². The van der Waals surface area contributed by atoms with Crippen molar-refractivity contribution in [2.75, 3.05) is 11.1 Å². The quantitative estimate of drug-likeness (QED) is 0.453. The zero-order valence-electron chi connectivity index (χ0n) is 12.5. The first-order valence-corrected chi connectivity index (χ1v) is 9.18. The van der Waals surface area contributed by atoms with Crippen molar-refractivity contribution < 1.29 is 9.90 Å². The molecule has 1 aromatic carbocycles. The van der Waals surface area contributed by atoms with Gasteiger partial charge in [0.2, 0.25) is 11.8 Å². The van der Waals surface area contributed by atoms with Crippen LogP contribution in [0.25, 0.3) is 11.3 Å². The van der Waals surface area contributed by atoms with Crippen LogP contribution in [0, 0.1) is 0 Å². The normalized spacial score (nSPS) is 10.6. The lowest BCUT2D eigenvalue weighted by molar-refractivity contribution is -0.113. The Kier molecular flexibility index (Phi) is 5.37. The predicted molar refractivity (Wildman–Crippen MR) is 98.4 cm³/mol. The highest BCUT2D eigenvalue weighted by atomic mass is 35.5. The number of anilines is 1. The van der Waals surface area contributed by atoms with E-state index in [2.05, 4.69) is 20.3 Å². The van der Waals surface area contributed by atoms with Gasteiger partial charge in [0, 0.05) is 16.0 Å². The molecule has 0 atom stereocenters. The Morgan fingerprint density at radius 2 is 2.08 bits per heavy atom. The number of nitrogens with zero attached hydrogens (tertiary/aromatic N) is 2. The molecule has 1 amide bonds. The summed E-state index contributed by atoms with van der Waals surface area (Å²) in [5, 5.41) is 15.1. The average molecular weight is 395 g/mol. The Hall–Kier alpha value is -2.36. The Balaban J connectivity index is 1.60. The molecule has 0 aliphatic rings. The zero-order valence-corrected chi connectivity index (χ0v) is 14.9. The minimum Gasteiger partial charge on any atom is -0.493 e. The highest BCUT2D eigenvalue weighted by Crippen LogP contribution is 2.26. The molecule has 0 saturated carbocycles. The van der Waals surface area contributed by atoms with Gasteiger partial charge in [-0.25, -0.2) is 4.98 Å². The van der Waals surface area contributed by atoms with Crippen molar-refractivity contribution in [3.63, 3.8) is 0 Å². The molecule has 0 radical (unpaired) electrons. The number of benzene rings is 1. The third kappa shape index (κ3) is 4.81. The molecule has 2 heterocycles. The monoisotopic (exact) mass is 394 g/mol. The number of aromatic amines is 1. The van der Waals surface area contributed by atoms with Gasteiger partial charge >= 0.3 is 0 Å². The van der Waals surface area contributed by atoms with E-state index in [9.17, 15) is 14.7 Å². The third-order valence-electron chi connectivity index (χ3n) is 2.94. The molecule has 128 valence electrons. The van der Waals surface area contributed by atoms with E-state index in [1.165, 1.54) is 11.3 Å². The standard InChI is InChI=1S/C15H11ClN4O3S2/c16-9-3-1-8(2-4-9)10-6-24-14(17-10)20-13(23)7-25-15-18-11(21)5-12(22)19-15/h1-6H,7H2,(H,17,20,23)(H2,18,19,21,22). The zero-order chi connectivity index (χ0) is 17.8. The number of halogens is 1. The van der Waals surface area contributed by atoms with E-state index in [0.717, 1.165) is 29.1 Å². The summed E-state index contributed by atoms with van der Waals surface area (Å²) in [4.78, 5) is 33.7. The molecule has 3 N–H and O–H groups in total. The number of aromatic nitrogens is 3. The van der Waals surface area contributed by atoms with Gasteiger partial charge in [-0.15, -0.1) is 11.3 Å². The molecule has 0 fully saturated rings. The van der Waals surface area contributed by atoms with Crippen LogP contribution in [0.3, 0.4) is 0 Å². The maximum Gasteiger partial charge on any atom is 0.255 e. The predicted octanol–water partition coefficient (Wildman–Crippen LogP) is 2.98. The van der Waals surface area contributed by atoms with Gasteiger partial charge < -0.3 is 15.4 Å². The highest BCUT2D eigenvalue weighted by Gasteiger charge is 2.10. The summed E-state index contributed by atoms with van der Waals surface area (Å²) < 4.78 is 0. The van der Waals surface area contributed by atoms with Crippen molar-refractivity contribution in [2.45, 2.75) is 5.16 Å². The molecule has 3 rings (SSSR count). The van der Waals surface area contributed by atoms with Crippen LogP contribution in [0.4, 0.5) is 5.13 Å². The van der Waals surface area contributed by atoms with Gasteiger partial charge in [-0.1, -0.05) is 35.5 Å². The van der Waals surface area contributed by atoms with Crippen LogP contribution in [0.1, 0.15) is 0 Å². The van der Waals surface area contributed by atoms with Gasteiger partial charge in [0.25, 0.3) is 5.56 Å². The van der Waals surface area contributed by atoms with Crippen LogP contribution in [-0.4, -0.2) is 31.7 Å². The number of H-pyrrole nitrogens is 1. The minimum atomic E-state index is -0.483. The summed E-state index contributed by atoms with van der Waals surface area (Å²) in [5.74, 6) is -0.672. The first-order chi connectivity index (χ1) is 12.0. The second kappa shape index (κ2) is 7.68. The molecular weight excluding hydrogens is 384 g/mol. The number of hydrogen-bond acceptors (Lipinski definition) is 7. The minimum absolute atomic E-state index is 0.0161. The summed E-state index contributed by atoms with van der Waals surface area (Å²) in [5.41, 5.74) is 1.16. The Morgan fingerprint density at radius 1 is 1.32 bits per heavy atom. The fraction of sp³-hybridized carbons (Fsp3) is 0.0667. The number of carbonyl (C=O) groups excluding carboxylic acids is 1. The van der Waals surface area contributed by atoms with E-state index in [4.69, 9.17) is 11.6 Å². The van der Waals surface area contributed by atoms with E-state index >= 15 is 0 Å². The number of amides is 1. The average Bonchev–Trinajstić information content (AvgIpc) is 3.01. The summed E-state index contributed by atoms with van der Waals surface area (Å²) in [7, 11) is 0. The molecule has 2 aromatic heterocycles. The van der Waals surface area contributed by atoms with Crippen molar-refractivity contribution in [3.05, 3.63) is 51.1 Å². The second-order valence-electron chi connectivity index (χ2n) is 4.79. The molecule has 7 nitrogen and oxygen atoms in total. The number of hydrogen-bond donors (Lipinski definition) is 3. The van der Waals surface area contributed by atoms with E-state index < -0.39 is 5.56 Å². The number of thiazole rings is 1. The van der Waals surface area contributed by atoms with E-state index in [1.807, 2.05) is 17.5 Å². The smallest absolute Gasteiger partial charge is 0.255 e. The molecule has 25 heavy (non-hydrogen) atoms. The number of aromatic hydroxyl groups is 1. The first-order valence-electron chi connectivity index (χ1n) is 6.94. The number of nitrogens with one attached hydrogen (secondary N) is 2. The molecule has 3 aromatic rings. The van der Waals surface area contributed by atoms with Crippen LogP contribution in [0.2, 0.25) is 5.02 Å². The lowest BCUT2D eigenvalue weighted by atomic mass is 10.2. The van der Waals surface area contributed by atoms with Gasteiger partial charge in [0.1, 0.15) is 0 Å². The van der Waals surface area contributed by atoms with Crippen molar-refractivity contribution in [1.29, 1.82) is 0 Å². The van der Waals surface area contributed by atoms with E-state index in [0.29, 0.717) is 10.2 Å². The second-order valence-corrected chi connectivity index (χ2v) is 7.05. The number of carbonyl (C=O) groups is 1. The molecule has 10 heteroatoms. The fourth-order valence-corrected chi connectivity index (χ4v) is 3.40. The molecule has 0 bridgehead atoms. The maximum absolute atomic E-state index is 12.0. The Bertz CT molecular complexity index is 956. The van der Waals surface area contributed by atoms with Crippen LogP contribution >= 0.6 is 34.7 Å². The lowest BCUT2D eigenvalue weighted by Gasteiger charge is -2.02. The summed E-state index contributed by atoms with van der Waals surface area (Å²) in [6.45, 7) is 0. The van der Waals surface area contributed by atoms with Crippen molar-refractivity contribution >= 4 is 45.7 Å². The van der Waals surface area contributed by atoms with Crippen molar-refractivity contribution in [3.8, 4) is 17.1 Å².